The molecule has 0 bridgehead atoms. The Kier molecular flexibility index (Phi) is 4.63. The van der Waals surface area contributed by atoms with Crippen molar-refractivity contribution >= 4 is 23.2 Å². The second-order valence-electron chi connectivity index (χ2n) is 5.10. The normalized spacial score (nSPS) is 17.9. The Balaban J connectivity index is 1.64. The third kappa shape index (κ3) is 3.72. The van der Waals surface area contributed by atoms with Crippen LogP contribution < -0.4 is 0 Å². The molecule has 3 rings (SSSR count). The highest BCUT2D eigenvalue weighted by Crippen LogP contribution is 2.23. The fraction of sp³-hybridized carbons (Fsp3) is 0.333. The van der Waals surface area contributed by atoms with Gasteiger partial charge >= 0.3 is 5.97 Å². The summed E-state index contributed by atoms with van der Waals surface area (Å²) >= 11 is 1.46. The zero-order valence-electron chi connectivity index (χ0n) is 12.2. The van der Waals surface area contributed by atoms with Crippen LogP contribution in [0.5, 0.6) is 0 Å². The maximum absolute atomic E-state index is 12.3. The van der Waals surface area contributed by atoms with Gasteiger partial charge in [-0.15, -0.1) is 11.3 Å². The molecule has 0 unspecified atom stereocenters. The average molecular weight is 333 g/mol. The van der Waals surface area contributed by atoms with Crippen molar-refractivity contribution in [1.82, 2.24) is 14.9 Å². The molecular weight excluding hydrogens is 318 g/mol. The van der Waals surface area contributed by atoms with E-state index in [1.54, 1.807) is 12.4 Å². The quantitative estimate of drug-likeness (QED) is 0.899. The first-order valence-corrected chi connectivity index (χ1v) is 7.98. The van der Waals surface area contributed by atoms with E-state index in [2.05, 4.69) is 9.97 Å². The molecule has 23 heavy (non-hydrogen) atoms. The Bertz CT molecular complexity index is 704. The Hall–Kier alpha value is -2.32. The van der Waals surface area contributed by atoms with Gasteiger partial charge < -0.3 is 14.7 Å². The molecule has 1 fully saturated rings. The molecule has 2 aromatic heterocycles. The third-order valence-electron chi connectivity index (χ3n) is 3.49. The van der Waals surface area contributed by atoms with E-state index in [9.17, 15) is 9.59 Å². The van der Waals surface area contributed by atoms with E-state index in [0.29, 0.717) is 12.2 Å². The van der Waals surface area contributed by atoms with Crippen molar-refractivity contribution in [3.63, 3.8) is 0 Å². The number of pyridine rings is 1. The largest absolute Gasteiger partial charge is 0.479 e. The lowest BCUT2D eigenvalue weighted by atomic mass is 10.2. The molecule has 1 N–H and O–H groups in total. The summed E-state index contributed by atoms with van der Waals surface area (Å²) in [5.41, 5.74) is 1.59. The highest BCUT2D eigenvalue weighted by Gasteiger charge is 2.29. The SMILES string of the molecule is O=C(O)[C@H]1CN(C(=O)Cc2csc(-c3cccnc3)n2)CCO1. The molecule has 1 amide bonds. The van der Waals surface area contributed by atoms with Crippen LogP contribution >= 0.6 is 11.3 Å². The summed E-state index contributed by atoms with van der Waals surface area (Å²) in [5.74, 6) is -1.18. The molecule has 0 aromatic carbocycles. The van der Waals surface area contributed by atoms with Crippen LogP contribution in [0.2, 0.25) is 0 Å². The van der Waals surface area contributed by atoms with Crippen molar-refractivity contribution in [2.75, 3.05) is 19.7 Å². The highest BCUT2D eigenvalue weighted by molar-refractivity contribution is 7.13. The van der Waals surface area contributed by atoms with Crippen LogP contribution in [0.3, 0.4) is 0 Å². The fourth-order valence-electron chi connectivity index (χ4n) is 2.30. The van der Waals surface area contributed by atoms with Crippen molar-refractivity contribution in [2.45, 2.75) is 12.5 Å². The number of carbonyl (C=O) groups is 2. The van der Waals surface area contributed by atoms with Gasteiger partial charge in [-0.2, -0.15) is 0 Å². The number of carboxylic acids is 1. The maximum Gasteiger partial charge on any atom is 0.334 e. The zero-order valence-corrected chi connectivity index (χ0v) is 13.0. The number of rotatable bonds is 4. The van der Waals surface area contributed by atoms with Gasteiger partial charge in [-0.3, -0.25) is 9.78 Å². The average Bonchev–Trinajstić information content (AvgIpc) is 3.04. The number of ether oxygens (including phenoxy) is 1. The van der Waals surface area contributed by atoms with Crippen LogP contribution in [-0.4, -0.2) is 57.7 Å². The molecule has 0 aliphatic carbocycles. The van der Waals surface area contributed by atoms with Crippen LogP contribution in [0.4, 0.5) is 0 Å². The standard InChI is InChI=1S/C15H15N3O4S/c19-13(18-4-5-22-12(8-18)15(20)21)6-11-9-23-14(17-11)10-2-1-3-16-7-10/h1-3,7,9,12H,4-6,8H2,(H,20,21)/t12-/m1/s1. The summed E-state index contributed by atoms with van der Waals surface area (Å²) in [6.45, 7) is 0.719. The Morgan fingerprint density at radius 1 is 1.48 bits per heavy atom. The van der Waals surface area contributed by atoms with Gasteiger partial charge in [0, 0.05) is 29.9 Å². The second kappa shape index (κ2) is 6.84. The number of carboxylic acid groups (broad SMARTS) is 1. The molecule has 120 valence electrons. The van der Waals surface area contributed by atoms with Gasteiger partial charge in [-0.1, -0.05) is 0 Å². The lowest BCUT2D eigenvalue weighted by Gasteiger charge is -2.30. The number of aromatic nitrogens is 2. The topological polar surface area (TPSA) is 92.6 Å². The summed E-state index contributed by atoms with van der Waals surface area (Å²) in [6.07, 6.45) is 2.63. The van der Waals surface area contributed by atoms with E-state index in [1.807, 2.05) is 17.5 Å². The van der Waals surface area contributed by atoms with Crippen LogP contribution in [-0.2, 0) is 20.7 Å². The van der Waals surface area contributed by atoms with Crippen LogP contribution in [0, 0.1) is 0 Å². The summed E-state index contributed by atoms with van der Waals surface area (Å²) in [5, 5.41) is 11.6. The van der Waals surface area contributed by atoms with Gasteiger partial charge in [0.1, 0.15) is 5.01 Å². The van der Waals surface area contributed by atoms with Crippen LogP contribution in [0.15, 0.2) is 29.9 Å². The number of nitrogens with zero attached hydrogens (tertiary/aromatic N) is 3. The summed E-state index contributed by atoms with van der Waals surface area (Å²) in [4.78, 5) is 33.3. The van der Waals surface area contributed by atoms with Gasteiger partial charge in [-0.25, -0.2) is 9.78 Å². The number of aliphatic carboxylic acids is 1. The van der Waals surface area contributed by atoms with Crippen molar-refractivity contribution in [3.05, 3.63) is 35.6 Å². The number of thiazole rings is 1. The first-order valence-electron chi connectivity index (χ1n) is 7.10. The van der Waals surface area contributed by atoms with Crippen molar-refractivity contribution in [1.29, 1.82) is 0 Å². The van der Waals surface area contributed by atoms with Crippen molar-refractivity contribution < 1.29 is 19.4 Å². The van der Waals surface area contributed by atoms with E-state index >= 15 is 0 Å². The molecule has 1 aliphatic rings. The van der Waals surface area contributed by atoms with Crippen molar-refractivity contribution in [2.24, 2.45) is 0 Å². The Labute approximate surface area is 136 Å². The van der Waals surface area contributed by atoms with Gasteiger partial charge in [0.2, 0.25) is 5.91 Å². The molecule has 1 atom stereocenters. The van der Waals surface area contributed by atoms with Gasteiger partial charge in [0.15, 0.2) is 6.10 Å². The predicted molar refractivity (Wildman–Crippen MR) is 83.0 cm³/mol. The minimum Gasteiger partial charge on any atom is -0.479 e. The zero-order chi connectivity index (χ0) is 16.2. The lowest BCUT2D eigenvalue weighted by molar-refractivity contribution is -0.159. The first kappa shape index (κ1) is 15.6. The fourth-order valence-corrected chi connectivity index (χ4v) is 3.11. The summed E-state index contributed by atoms with van der Waals surface area (Å²) < 4.78 is 5.12. The molecule has 2 aromatic rings. The second-order valence-corrected chi connectivity index (χ2v) is 5.96. The molecule has 8 heteroatoms. The van der Waals surface area contributed by atoms with Gasteiger partial charge in [0.25, 0.3) is 0 Å². The van der Waals surface area contributed by atoms with Crippen LogP contribution in [0.25, 0.3) is 10.6 Å². The highest BCUT2D eigenvalue weighted by atomic mass is 32.1. The molecule has 7 nitrogen and oxygen atoms in total. The van der Waals surface area contributed by atoms with Crippen molar-refractivity contribution in [3.8, 4) is 10.6 Å². The first-order chi connectivity index (χ1) is 11.1. The maximum atomic E-state index is 12.3. The van der Waals surface area contributed by atoms with E-state index in [-0.39, 0.29) is 25.5 Å². The lowest BCUT2D eigenvalue weighted by Crippen LogP contribution is -2.49. The van der Waals surface area contributed by atoms with E-state index in [4.69, 9.17) is 9.84 Å². The van der Waals surface area contributed by atoms with E-state index in [0.717, 1.165) is 10.6 Å². The molecule has 1 saturated heterocycles. The summed E-state index contributed by atoms with van der Waals surface area (Å²) in [7, 11) is 0. The van der Waals surface area contributed by atoms with E-state index in [1.165, 1.54) is 16.2 Å². The number of amides is 1. The predicted octanol–water partition coefficient (Wildman–Crippen LogP) is 1.06. The Morgan fingerprint density at radius 2 is 2.35 bits per heavy atom. The molecule has 1 aliphatic heterocycles. The third-order valence-corrected chi connectivity index (χ3v) is 4.43. The van der Waals surface area contributed by atoms with Gasteiger partial charge in [-0.05, 0) is 12.1 Å². The number of hydrogen-bond donors (Lipinski definition) is 1. The molecule has 0 spiro atoms. The minimum atomic E-state index is -1.05. The smallest absolute Gasteiger partial charge is 0.334 e. The number of carbonyl (C=O) groups excluding carboxylic acids is 1. The Morgan fingerprint density at radius 3 is 3.09 bits per heavy atom. The molecule has 0 radical (unpaired) electrons. The number of hydrogen-bond acceptors (Lipinski definition) is 6. The molecular formula is C15H15N3O4S. The molecule has 3 heterocycles. The monoisotopic (exact) mass is 333 g/mol. The number of morpholine rings is 1. The summed E-state index contributed by atoms with van der Waals surface area (Å²) in [6, 6.07) is 3.75. The van der Waals surface area contributed by atoms with Crippen LogP contribution in [0.1, 0.15) is 5.69 Å². The van der Waals surface area contributed by atoms with E-state index < -0.39 is 12.1 Å². The molecule has 0 saturated carbocycles. The van der Waals surface area contributed by atoms with Gasteiger partial charge in [0.05, 0.1) is 25.3 Å². The minimum absolute atomic E-state index is 0.0771.